The fourth-order valence-corrected chi connectivity index (χ4v) is 4.88. The lowest BCUT2D eigenvalue weighted by Gasteiger charge is -2.32. The fraction of sp³-hybridized carbons (Fsp3) is 0.263. The zero-order valence-corrected chi connectivity index (χ0v) is 14.7. The summed E-state index contributed by atoms with van der Waals surface area (Å²) in [7, 11) is 0. The number of imide groups is 1. The molecule has 130 valence electrons. The topological polar surface area (TPSA) is 98.2 Å². The van der Waals surface area contributed by atoms with E-state index in [1.807, 2.05) is 19.1 Å². The highest BCUT2D eigenvalue weighted by Crippen LogP contribution is 2.50. The Labute approximate surface area is 154 Å². The number of benzene rings is 1. The highest BCUT2D eigenvalue weighted by molar-refractivity contribution is 8.15. The lowest BCUT2D eigenvalue weighted by Crippen LogP contribution is -2.39. The molecule has 2 saturated heterocycles. The zero-order chi connectivity index (χ0) is 18.4. The number of amides is 2. The predicted molar refractivity (Wildman–Crippen MR) is 96.8 cm³/mol. The van der Waals surface area contributed by atoms with Gasteiger partial charge in [0.1, 0.15) is 16.9 Å². The molecule has 2 aromatic rings. The zero-order valence-electron chi connectivity index (χ0n) is 13.9. The van der Waals surface area contributed by atoms with Crippen LogP contribution in [0.2, 0.25) is 0 Å². The molecule has 1 aromatic carbocycles. The molecule has 0 spiro atoms. The number of rotatable bonds is 2. The van der Waals surface area contributed by atoms with Crippen LogP contribution in [0.4, 0.5) is 5.69 Å². The van der Waals surface area contributed by atoms with Crippen molar-refractivity contribution in [2.45, 2.75) is 18.1 Å². The Morgan fingerprint density at radius 3 is 2.50 bits per heavy atom. The van der Waals surface area contributed by atoms with Crippen molar-refractivity contribution < 1.29 is 14.0 Å². The maximum Gasteiger partial charge on any atom is 0.248 e. The lowest BCUT2D eigenvalue weighted by atomic mass is 9.79. The van der Waals surface area contributed by atoms with Gasteiger partial charge in [0.05, 0.1) is 34.9 Å². The van der Waals surface area contributed by atoms with E-state index in [0.29, 0.717) is 11.4 Å². The maximum absolute atomic E-state index is 13.2. The number of nitrogens with one attached hydrogen (secondary N) is 1. The molecule has 0 unspecified atom stereocenters. The number of hydrogen-bond acceptors (Lipinski definition) is 6. The molecule has 4 rings (SSSR count). The van der Waals surface area contributed by atoms with Crippen LogP contribution in [-0.4, -0.2) is 22.1 Å². The SMILES string of the molecule is Cc1ccc(N2C(=O)[C@@H]3[C@@H](c4ccco4)[C@@H](C#N)C(=N)S[C@@H]3C2=O)cc1. The van der Waals surface area contributed by atoms with Crippen molar-refractivity contribution in [3.63, 3.8) is 0 Å². The average molecular weight is 365 g/mol. The lowest BCUT2D eigenvalue weighted by molar-refractivity contribution is -0.122. The summed E-state index contributed by atoms with van der Waals surface area (Å²) in [6.07, 6.45) is 1.48. The van der Waals surface area contributed by atoms with Gasteiger partial charge in [-0.25, -0.2) is 4.90 Å². The quantitative estimate of drug-likeness (QED) is 0.825. The van der Waals surface area contributed by atoms with Gasteiger partial charge in [-0.2, -0.15) is 5.26 Å². The van der Waals surface area contributed by atoms with E-state index in [-0.39, 0.29) is 16.9 Å². The van der Waals surface area contributed by atoms with Gasteiger partial charge < -0.3 is 4.42 Å². The summed E-state index contributed by atoms with van der Waals surface area (Å²) in [6.45, 7) is 1.93. The number of fused-ring (bicyclic) bond motifs is 1. The first-order valence-corrected chi connectivity index (χ1v) is 9.03. The molecule has 2 fully saturated rings. The summed E-state index contributed by atoms with van der Waals surface area (Å²) in [5, 5.41) is 17.1. The molecule has 0 bridgehead atoms. The second-order valence-electron chi connectivity index (χ2n) is 6.42. The predicted octanol–water partition coefficient (Wildman–Crippen LogP) is 3.09. The van der Waals surface area contributed by atoms with Crippen LogP contribution in [-0.2, 0) is 9.59 Å². The molecular formula is C19H15N3O3S. The van der Waals surface area contributed by atoms with Crippen LogP contribution < -0.4 is 4.90 Å². The molecule has 0 saturated carbocycles. The van der Waals surface area contributed by atoms with Crippen molar-refractivity contribution in [3.05, 3.63) is 54.0 Å². The number of carbonyl (C=O) groups is 2. The molecule has 26 heavy (non-hydrogen) atoms. The molecule has 0 radical (unpaired) electrons. The molecule has 3 heterocycles. The Morgan fingerprint density at radius 2 is 1.88 bits per heavy atom. The Hall–Kier alpha value is -2.85. The van der Waals surface area contributed by atoms with Gasteiger partial charge in [0.15, 0.2) is 0 Å². The maximum atomic E-state index is 13.2. The van der Waals surface area contributed by atoms with Crippen LogP contribution in [0, 0.1) is 35.5 Å². The second-order valence-corrected chi connectivity index (χ2v) is 7.61. The van der Waals surface area contributed by atoms with Crippen LogP contribution >= 0.6 is 11.8 Å². The van der Waals surface area contributed by atoms with Crippen LogP contribution in [0.3, 0.4) is 0 Å². The molecule has 2 aliphatic rings. The summed E-state index contributed by atoms with van der Waals surface area (Å²) in [6, 6.07) is 12.7. The van der Waals surface area contributed by atoms with E-state index in [2.05, 4.69) is 6.07 Å². The molecule has 2 amide bonds. The largest absolute Gasteiger partial charge is 0.469 e. The number of nitrogens with zero attached hydrogens (tertiary/aromatic N) is 2. The smallest absolute Gasteiger partial charge is 0.248 e. The number of hydrogen-bond donors (Lipinski definition) is 1. The second kappa shape index (κ2) is 6.15. The Balaban J connectivity index is 1.80. The molecule has 4 atom stereocenters. The van der Waals surface area contributed by atoms with Gasteiger partial charge in [-0.3, -0.25) is 15.0 Å². The first kappa shape index (κ1) is 16.6. The van der Waals surface area contributed by atoms with E-state index in [0.717, 1.165) is 17.3 Å². The number of carbonyl (C=O) groups excluding carboxylic acids is 2. The van der Waals surface area contributed by atoms with Crippen molar-refractivity contribution >= 4 is 34.3 Å². The van der Waals surface area contributed by atoms with E-state index in [1.54, 1.807) is 24.3 Å². The molecule has 1 aromatic heterocycles. The van der Waals surface area contributed by atoms with Crippen molar-refractivity contribution in [1.82, 2.24) is 0 Å². The third kappa shape index (κ3) is 2.37. The van der Waals surface area contributed by atoms with Gasteiger partial charge in [-0.05, 0) is 31.2 Å². The number of aryl methyl sites for hydroxylation is 1. The Kier molecular flexibility index (Phi) is 3.93. The molecule has 7 heteroatoms. The van der Waals surface area contributed by atoms with Crippen LogP contribution in [0.5, 0.6) is 0 Å². The van der Waals surface area contributed by atoms with Gasteiger partial charge in [-0.1, -0.05) is 29.5 Å². The summed E-state index contributed by atoms with van der Waals surface area (Å²) in [5.74, 6) is -2.39. The number of thioether (sulfide) groups is 1. The van der Waals surface area contributed by atoms with Gasteiger partial charge in [0.2, 0.25) is 11.8 Å². The molecule has 0 aliphatic carbocycles. The number of nitriles is 1. The van der Waals surface area contributed by atoms with E-state index in [1.165, 1.54) is 11.2 Å². The van der Waals surface area contributed by atoms with Gasteiger partial charge in [0.25, 0.3) is 0 Å². The van der Waals surface area contributed by atoms with Crippen molar-refractivity contribution in [1.29, 1.82) is 10.7 Å². The van der Waals surface area contributed by atoms with E-state index >= 15 is 0 Å². The highest BCUT2D eigenvalue weighted by atomic mass is 32.2. The van der Waals surface area contributed by atoms with Crippen molar-refractivity contribution in [2.75, 3.05) is 4.90 Å². The van der Waals surface area contributed by atoms with Gasteiger partial charge >= 0.3 is 0 Å². The normalized spacial score (nSPS) is 28.2. The first-order valence-electron chi connectivity index (χ1n) is 8.15. The summed E-state index contributed by atoms with van der Waals surface area (Å²) in [4.78, 5) is 27.3. The van der Waals surface area contributed by atoms with Crippen molar-refractivity contribution in [3.8, 4) is 6.07 Å². The number of anilines is 1. The first-order chi connectivity index (χ1) is 12.5. The third-order valence-electron chi connectivity index (χ3n) is 4.88. The minimum atomic E-state index is -0.804. The van der Waals surface area contributed by atoms with Crippen LogP contribution in [0.15, 0.2) is 47.1 Å². The van der Waals surface area contributed by atoms with E-state index in [9.17, 15) is 14.9 Å². The van der Waals surface area contributed by atoms with Crippen molar-refractivity contribution in [2.24, 2.45) is 11.8 Å². The summed E-state index contributed by atoms with van der Waals surface area (Å²) in [5.41, 5.74) is 1.54. The molecule has 2 aliphatic heterocycles. The van der Waals surface area contributed by atoms with Crippen LogP contribution in [0.1, 0.15) is 17.2 Å². The molecule has 6 nitrogen and oxygen atoms in total. The minimum Gasteiger partial charge on any atom is -0.469 e. The monoisotopic (exact) mass is 365 g/mol. The summed E-state index contributed by atoms with van der Waals surface area (Å²) >= 11 is 1.01. The highest BCUT2D eigenvalue weighted by Gasteiger charge is 2.59. The molecular weight excluding hydrogens is 350 g/mol. The minimum absolute atomic E-state index is 0.0991. The van der Waals surface area contributed by atoms with Gasteiger partial charge in [-0.15, -0.1) is 0 Å². The summed E-state index contributed by atoms with van der Waals surface area (Å²) < 4.78 is 5.46. The number of furan rings is 1. The average Bonchev–Trinajstić information content (AvgIpc) is 3.23. The fourth-order valence-electron chi connectivity index (χ4n) is 3.62. The Bertz CT molecular complexity index is 930. The molecule has 1 N–H and O–H groups in total. The Morgan fingerprint density at radius 1 is 1.15 bits per heavy atom. The standard InChI is InChI=1S/C19H15N3O3S/c1-10-4-6-11(7-5-10)22-18(23)15-14(13-3-2-8-25-13)12(9-20)17(21)26-16(15)19(22)24/h2-8,12,14-16,21H,1H3/t12-,14-,15-,16+/m1/s1. The van der Waals surface area contributed by atoms with Crippen LogP contribution in [0.25, 0.3) is 0 Å². The third-order valence-corrected chi connectivity index (χ3v) is 6.14. The van der Waals surface area contributed by atoms with Gasteiger partial charge in [0, 0.05) is 0 Å². The van der Waals surface area contributed by atoms with E-state index in [4.69, 9.17) is 9.83 Å². The van der Waals surface area contributed by atoms with E-state index < -0.39 is 23.0 Å².